The highest BCUT2D eigenvalue weighted by molar-refractivity contribution is 5.79. The van der Waals surface area contributed by atoms with Crippen molar-refractivity contribution >= 4 is 5.78 Å². The molecule has 5 heterocycles. The van der Waals surface area contributed by atoms with Gasteiger partial charge in [-0.05, 0) is 56.9 Å². The topological polar surface area (TPSA) is 104 Å². The van der Waals surface area contributed by atoms with Gasteiger partial charge in [-0.2, -0.15) is 0 Å². The first-order valence-electron chi connectivity index (χ1n) is 13.6. The van der Waals surface area contributed by atoms with Crippen molar-refractivity contribution < 1.29 is 38.7 Å². The van der Waals surface area contributed by atoms with Crippen LogP contribution >= 0.6 is 0 Å². The predicted octanol–water partition coefficient (Wildman–Crippen LogP) is 2.47. The van der Waals surface area contributed by atoms with Crippen LogP contribution < -0.4 is 0 Å². The third kappa shape index (κ3) is 6.17. The molecule has 11 atom stereocenters. The molecule has 0 bridgehead atoms. The molecule has 0 spiro atoms. The molecule has 35 heavy (non-hydrogen) atoms. The molecule has 0 aliphatic carbocycles. The summed E-state index contributed by atoms with van der Waals surface area (Å²) in [5.74, 6) is 0.510. The van der Waals surface area contributed by atoms with Crippen LogP contribution in [0.5, 0.6) is 0 Å². The zero-order valence-electron chi connectivity index (χ0n) is 20.9. The van der Waals surface area contributed by atoms with Gasteiger partial charge in [0, 0.05) is 32.3 Å². The van der Waals surface area contributed by atoms with E-state index in [-0.39, 0.29) is 42.4 Å². The van der Waals surface area contributed by atoms with E-state index in [1.807, 2.05) is 6.92 Å². The van der Waals surface area contributed by atoms with Crippen LogP contribution in [0.4, 0.5) is 0 Å². The van der Waals surface area contributed by atoms with E-state index in [4.69, 9.17) is 23.7 Å². The number of Topliss-reactive ketones (excluding diaryl/α,β-unsaturated/α-hetero) is 1. The Morgan fingerprint density at radius 3 is 2.37 bits per heavy atom. The van der Waals surface area contributed by atoms with Gasteiger partial charge in [0.2, 0.25) is 0 Å². The Hall–Kier alpha value is -0.870. The summed E-state index contributed by atoms with van der Waals surface area (Å²) in [7, 11) is 0. The average Bonchev–Trinajstić information content (AvgIpc) is 3.53. The number of ketones is 1. The molecule has 5 rings (SSSR count). The molecule has 10 unspecified atom stereocenters. The van der Waals surface area contributed by atoms with Crippen LogP contribution in [0.3, 0.4) is 0 Å². The van der Waals surface area contributed by atoms with Crippen LogP contribution in [0.1, 0.15) is 71.1 Å². The van der Waals surface area contributed by atoms with E-state index < -0.39 is 24.4 Å². The van der Waals surface area contributed by atoms with Crippen molar-refractivity contribution in [3.05, 3.63) is 12.2 Å². The molecule has 5 saturated heterocycles. The maximum absolute atomic E-state index is 12.6. The Bertz CT molecular complexity index is 757. The standard InChI is InChI=1S/C27H42O8/c1-15-9-19(32-14-15)3-4-21-12-22(29)27(34-21)25-13-23(30)26-24(35-25)6-5-20(33-26)11-18(28)10-17-7-8-31-16(17)2/h16-17,19-27,29-30H,1,3-14H2,2H3/t16-,17?,19?,20?,21?,22?,23?,24?,25?,26?,27?/m0/s1. The van der Waals surface area contributed by atoms with Crippen LogP contribution in [0.15, 0.2) is 12.2 Å². The molecule has 5 aliphatic heterocycles. The van der Waals surface area contributed by atoms with Gasteiger partial charge in [-0.25, -0.2) is 0 Å². The summed E-state index contributed by atoms with van der Waals surface area (Å²) in [6, 6.07) is 0. The molecule has 0 radical (unpaired) electrons. The number of rotatable bonds is 8. The van der Waals surface area contributed by atoms with Gasteiger partial charge in [0.1, 0.15) is 18.0 Å². The fraction of sp³-hybridized carbons (Fsp3) is 0.889. The predicted molar refractivity (Wildman–Crippen MR) is 127 cm³/mol. The van der Waals surface area contributed by atoms with Crippen molar-refractivity contribution in [2.24, 2.45) is 5.92 Å². The van der Waals surface area contributed by atoms with Gasteiger partial charge >= 0.3 is 0 Å². The largest absolute Gasteiger partial charge is 0.390 e. The first kappa shape index (κ1) is 25.8. The van der Waals surface area contributed by atoms with Gasteiger partial charge in [-0.1, -0.05) is 6.58 Å². The first-order chi connectivity index (χ1) is 16.9. The smallest absolute Gasteiger partial charge is 0.135 e. The Labute approximate surface area is 208 Å². The number of hydrogen-bond acceptors (Lipinski definition) is 8. The highest BCUT2D eigenvalue weighted by atomic mass is 16.6. The fourth-order valence-corrected chi connectivity index (χ4v) is 6.59. The van der Waals surface area contributed by atoms with E-state index in [2.05, 4.69) is 6.58 Å². The van der Waals surface area contributed by atoms with E-state index >= 15 is 0 Å². The quantitative estimate of drug-likeness (QED) is 0.496. The third-order valence-electron chi connectivity index (χ3n) is 8.62. The summed E-state index contributed by atoms with van der Waals surface area (Å²) in [5.41, 5.74) is 1.14. The molecule has 2 N–H and O–H groups in total. The van der Waals surface area contributed by atoms with E-state index in [1.54, 1.807) is 0 Å². The molecule has 5 fully saturated rings. The molecule has 0 aromatic heterocycles. The Balaban J connectivity index is 1.08. The molecule has 198 valence electrons. The molecular weight excluding hydrogens is 452 g/mol. The summed E-state index contributed by atoms with van der Waals surface area (Å²) in [6.45, 7) is 7.40. The molecular formula is C27H42O8. The Morgan fingerprint density at radius 2 is 1.63 bits per heavy atom. The zero-order valence-corrected chi connectivity index (χ0v) is 20.9. The molecule has 0 aromatic carbocycles. The maximum Gasteiger partial charge on any atom is 0.135 e. The Kier molecular flexibility index (Phi) is 8.28. The number of carbonyl (C=O) groups excluding carboxylic acids is 1. The van der Waals surface area contributed by atoms with Crippen molar-refractivity contribution in [1.82, 2.24) is 0 Å². The lowest BCUT2D eigenvalue weighted by atomic mass is 9.87. The number of carbonyl (C=O) groups is 1. The van der Waals surface area contributed by atoms with Crippen LogP contribution in [-0.2, 0) is 28.5 Å². The van der Waals surface area contributed by atoms with Gasteiger partial charge in [0.15, 0.2) is 0 Å². The fourth-order valence-electron chi connectivity index (χ4n) is 6.59. The molecule has 8 heteroatoms. The zero-order chi connectivity index (χ0) is 24.5. The monoisotopic (exact) mass is 494 g/mol. The minimum absolute atomic E-state index is 0.0306. The molecule has 0 saturated carbocycles. The SMILES string of the molecule is C=C1COC(CCC2CC(O)C(C3CC(O)C4OC(CC(=O)CC5CCO[C@H]5C)CCC4O3)O2)C1. The number of hydrogen-bond donors (Lipinski definition) is 2. The normalized spacial score (nSPS) is 46.1. The number of aliphatic hydroxyl groups is 2. The van der Waals surface area contributed by atoms with Crippen LogP contribution in [-0.4, -0.2) is 90.2 Å². The molecule has 0 amide bonds. The minimum atomic E-state index is -0.701. The van der Waals surface area contributed by atoms with Crippen LogP contribution in [0, 0.1) is 5.92 Å². The lowest BCUT2D eigenvalue weighted by Crippen LogP contribution is -2.57. The third-order valence-corrected chi connectivity index (χ3v) is 8.62. The maximum atomic E-state index is 12.6. The summed E-state index contributed by atoms with van der Waals surface area (Å²) in [6.07, 6.45) is 4.23. The lowest BCUT2D eigenvalue weighted by Gasteiger charge is -2.46. The van der Waals surface area contributed by atoms with Crippen molar-refractivity contribution in [2.75, 3.05) is 13.2 Å². The summed E-state index contributed by atoms with van der Waals surface area (Å²) >= 11 is 0. The number of aliphatic hydroxyl groups excluding tert-OH is 2. The van der Waals surface area contributed by atoms with E-state index in [0.717, 1.165) is 50.7 Å². The van der Waals surface area contributed by atoms with Gasteiger partial charge < -0.3 is 33.9 Å². The van der Waals surface area contributed by atoms with E-state index in [9.17, 15) is 15.0 Å². The number of fused-ring (bicyclic) bond motifs is 1. The second kappa shape index (κ2) is 11.3. The highest BCUT2D eigenvalue weighted by Crippen LogP contribution is 2.38. The molecule has 0 aromatic rings. The molecule has 8 nitrogen and oxygen atoms in total. The van der Waals surface area contributed by atoms with E-state index in [0.29, 0.717) is 38.2 Å². The van der Waals surface area contributed by atoms with Crippen molar-refractivity contribution in [3.63, 3.8) is 0 Å². The Morgan fingerprint density at radius 1 is 0.886 bits per heavy atom. The van der Waals surface area contributed by atoms with Crippen LogP contribution in [0.2, 0.25) is 0 Å². The van der Waals surface area contributed by atoms with Gasteiger partial charge in [0.25, 0.3) is 0 Å². The van der Waals surface area contributed by atoms with Gasteiger partial charge in [-0.3, -0.25) is 4.79 Å². The number of ether oxygens (including phenoxy) is 5. The minimum Gasteiger partial charge on any atom is -0.390 e. The molecule has 5 aliphatic rings. The van der Waals surface area contributed by atoms with Gasteiger partial charge in [0.05, 0.1) is 55.4 Å². The second-order valence-corrected chi connectivity index (χ2v) is 11.4. The first-order valence-corrected chi connectivity index (χ1v) is 13.6. The summed E-state index contributed by atoms with van der Waals surface area (Å²) in [5, 5.41) is 21.6. The van der Waals surface area contributed by atoms with Crippen molar-refractivity contribution in [3.8, 4) is 0 Å². The lowest BCUT2D eigenvalue weighted by molar-refractivity contribution is -0.247. The van der Waals surface area contributed by atoms with Crippen molar-refractivity contribution in [2.45, 2.75) is 132 Å². The average molecular weight is 495 g/mol. The van der Waals surface area contributed by atoms with Crippen molar-refractivity contribution in [1.29, 1.82) is 0 Å². The van der Waals surface area contributed by atoms with Gasteiger partial charge in [-0.15, -0.1) is 0 Å². The van der Waals surface area contributed by atoms with Crippen LogP contribution in [0.25, 0.3) is 0 Å². The summed E-state index contributed by atoms with van der Waals surface area (Å²) in [4.78, 5) is 12.6. The highest BCUT2D eigenvalue weighted by Gasteiger charge is 2.49. The second-order valence-electron chi connectivity index (χ2n) is 11.4. The van der Waals surface area contributed by atoms with E-state index in [1.165, 1.54) is 0 Å². The summed E-state index contributed by atoms with van der Waals surface area (Å²) < 4.78 is 30.0.